The molecule has 5 nitrogen and oxygen atoms in total. The van der Waals surface area contributed by atoms with Crippen LogP contribution in [0.2, 0.25) is 0 Å². The van der Waals surface area contributed by atoms with Gasteiger partial charge in [0.05, 0.1) is 6.54 Å². The Labute approximate surface area is 198 Å². The molecule has 2 atom stereocenters. The first-order valence-electron chi connectivity index (χ1n) is 10.8. The Bertz CT molecular complexity index is 797. The van der Waals surface area contributed by atoms with E-state index in [1.807, 2.05) is 18.2 Å². The second-order valence-corrected chi connectivity index (χ2v) is 8.45. The van der Waals surface area contributed by atoms with E-state index in [0.717, 1.165) is 25.2 Å². The second kappa shape index (κ2) is 12.4. The minimum Gasteiger partial charge on any atom is -0.351 e. The summed E-state index contributed by atoms with van der Waals surface area (Å²) in [5, 5.41) is 3.06. The maximum absolute atomic E-state index is 12.4. The van der Waals surface area contributed by atoms with Crippen molar-refractivity contribution in [1.82, 2.24) is 15.1 Å². The molecule has 7 heteroatoms. The fourth-order valence-electron chi connectivity index (χ4n) is 4.52. The number of likely N-dealkylation sites (tertiary alicyclic amines) is 2. The molecule has 1 amide bonds. The third-order valence-corrected chi connectivity index (χ3v) is 6.15. The van der Waals surface area contributed by atoms with Crippen molar-refractivity contribution in [2.75, 3.05) is 32.7 Å². The van der Waals surface area contributed by atoms with Crippen molar-refractivity contribution in [3.63, 3.8) is 0 Å². The predicted octanol–water partition coefficient (Wildman–Crippen LogP) is 3.17. The molecule has 2 aromatic rings. The van der Waals surface area contributed by atoms with E-state index in [2.05, 4.69) is 51.5 Å². The van der Waals surface area contributed by atoms with Gasteiger partial charge in [-0.05, 0) is 42.6 Å². The summed E-state index contributed by atoms with van der Waals surface area (Å²) >= 11 is 0. The van der Waals surface area contributed by atoms with Crippen molar-refractivity contribution in [3.8, 4) is 0 Å². The summed E-state index contributed by atoms with van der Waals surface area (Å²) in [6.45, 7) is 6.04. The number of benzene rings is 2. The van der Waals surface area contributed by atoms with Crippen LogP contribution in [0.15, 0.2) is 54.6 Å². The van der Waals surface area contributed by atoms with Gasteiger partial charge in [-0.15, -0.1) is 24.8 Å². The lowest BCUT2D eigenvalue weighted by Gasteiger charge is -2.16. The maximum Gasteiger partial charge on any atom is 0.234 e. The van der Waals surface area contributed by atoms with Crippen LogP contribution in [0, 0.1) is 0 Å². The number of carbonyl (C=O) groups is 1. The highest BCUT2D eigenvalue weighted by molar-refractivity contribution is 5.85. The Morgan fingerprint density at radius 3 is 2.23 bits per heavy atom. The topological polar surface area (TPSA) is 61.6 Å². The van der Waals surface area contributed by atoms with Crippen molar-refractivity contribution in [1.29, 1.82) is 0 Å². The summed E-state index contributed by atoms with van der Waals surface area (Å²) < 4.78 is 0. The molecule has 2 aromatic carbocycles. The van der Waals surface area contributed by atoms with Crippen LogP contribution in [0.4, 0.5) is 0 Å². The Morgan fingerprint density at radius 1 is 0.903 bits per heavy atom. The van der Waals surface area contributed by atoms with Crippen LogP contribution in [0.1, 0.15) is 35.4 Å². The van der Waals surface area contributed by atoms with Crippen LogP contribution in [-0.2, 0) is 17.9 Å². The van der Waals surface area contributed by atoms with Crippen molar-refractivity contribution < 1.29 is 4.79 Å². The van der Waals surface area contributed by atoms with E-state index in [1.54, 1.807) is 0 Å². The molecular formula is C24H34Cl2N4O. The van der Waals surface area contributed by atoms with Gasteiger partial charge in [-0.2, -0.15) is 0 Å². The van der Waals surface area contributed by atoms with E-state index < -0.39 is 0 Å². The summed E-state index contributed by atoms with van der Waals surface area (Å²) in [4.78, 5) is 17.1. The molecule has 0 radical (unpaired) electrons. The highest BCUT2D eigenvalue weighted by atomic mass is 35.5. The van der Waals surface area contributed by atoms with Crippen LogP contribution < -0.4 is 11.1 Å². The smallest absolute Gasteiger partial charge is 0.234 e. The van der Waals surface area contributed by atoms with Crippen LogP contribution in [0.3, 0.4) is 0 Å². The van der Waals surface area contributed by atoms with Crippen LogP contribution >= 0.6 is 24.8 Å². The van der Waals surface area contributed by atoms with Gasteiger partial charge < -0.3 is 11.1 Å². The Balaban J connectivity index is 0.00000171. The Kier molecular flexibility index (Phi) is 10.3. The molecule has 31 heavy (non-hydrogen) atoms. The summed E-state index contributed by atoms with van der Waals surface area (Å²) in [6, 6.07) is 19.1. The number of nitrogens with two attached hydrogens (primary N) is 1. The van der Waals surface area contributed by atoms with Gasteiger partial charge in [0.25, 0.3) is 0 Å². The molecule has 0 saturated carbocycles. The maximum atomic E-state index is 12.4. The van der Waals surface area contributed by atoms with Gasteiger partial charge in [-0.1, -0.05) is 54.6 Å². The van der Waals surface area contributed by atoms with Gasteiger partial charge in [-0.25, -0.2) is 0 Å². The zero-order chi connectivity index (χ0) is 20.1. The van der Waals surface area contributed by atoms with E-state index in [-0.39, 0.29) is 36.8 Å². The van der Waals surface area contributed by atoms with Crippen LogP contribution in [0.5, 0.6) is 0 Å². The van der Waals surface area contributed by atoms with Gasteiger partial charge in [0, 0.05) is 38.1 Å². The molecule has 0 unspecified atom stereocenters. The highest BCUT2D eigenvalue weighted by Gasteiger charge is 2.31. The molecule has 2 aliphatic heterocycles. The highest BCUT2D eigenvalue weighted by Crippen LogP contribution is 2.26. The van der Waals surface area contributed by atoms with E-state index in [4.69, 9.17) is 5.73 Å². The van der Waals surface area contributed by atoms with Gasteiger partial charge in [0.1, 0.15) is 0 Å². The zero-order valence-electron chi connectivity index (χ0n) is 17.9. The normalized spacial score (nSPS) is 21.3. The number of amides is 1. The zero-order valence-corrected chi connectivity index (χ0v) is 19.5. The lowest BCUT2D eigenvalue weighted by atomic mass is 9.95. The average Bonchev–Trinajstić information content (AvgIpc) is 3.37. The molecule has 4 rings (SSSR count). The summed E-state index contributed by atoms with van der Waals surface area (Å²) in [7, 11) is 0. The van der Waals surface area contributed by atoms with E-state index in [1.165, 1.54) is 37.1 Å². The molecule has 0 spiro atoms. The standard InChI is InChI=1S/C24H32N4O.2ClH/c25-23-17-28(16-22(23)21-6-2-1-3-7-21)18-24(29)26-14-19-8-10-20(11-9-19)15-27-12-4-5-13-27;;/h1-3,6-11,22-23H,4-5,12-18,25H2,(H,26,29);2*1H/t22-,23+;;/m0../s1. The number of hydrogen-bond donors (Lipinski definition) is 2. The largest absolute Gasteiger partial charge is 0.351 e. The molecule has 2 heterocycles. The number of halogens is 2. The molecule has 3 N–H and O–H groups in total. The average molecular weight is 465 g/mol. The van der Waals surface area contributed by atoms with E-state index in [9.17, 15) is 4.79 Å². The summed E-state index contributed by atoms with van der Waals surface area (Å²) in [5.74, 6) is 0.360. The van der Waals surface area contributed by atoms with Crippen molar-refractivity contribution in [2.45, 2.75) is 37.9 Å². The number of nitrogens with zero attached hydrogens (tertiary/aromatic N) is 2. The second-order valence-electron chi connectivity index (χ2n) is 8.45. The van der Waals surface area contributed by atoms with Gasteiger partial charge in [-0.3, -0.25) is 14.6 Å². The SMILES string of the molecule is Cl.Cl.N[C@@H]1CN(CC(=O)NCc2ccc(CN3CCCC3)cc2)C[C@H]1c1ccccc1. The molecule has 2 saturated heterocycles. The predicted molar refractivity (Wildman–Crippen MR) is 131 cm³/mol. The summed E-state index contributed by atoms with van der Waals surface area (Å²) in [5.41, 5.74) is 10.1. The summed E-state index contributed by atoms with van der Waals surface area (Å²) in [6.07, 6.45) is 2.64. The first-order valence-corrected chi connectivity index (χ1v) is 10.8. The first-order chi connectivity index (χ1) is 14.2. The quantitative estimate of drug-likeness (QED) is 0.660. The molecule has 2 aliphatic rings. The van der Waals surface area contributed by atoms with Gasteiger partial charge in [0.2, 0.25) is 5.91 Å². The molecule has 2 fully saturated rings. The van der Waals surface area contributed by atoms with Crippen LogP contribution in [-0.4, -0.2) is 54.5 Å². The number of carbonyl (C=O) groups excluding carboxylic acids is 1. The van der Waals surface area contributed by atoms with Crippen LogP contribution in [0.25, 0.3) is 0 Å². The third kappa shape index (κ3) is 7.19. The minimum absolute atomic E-state index is 0. The Hall–Kier alpha value is -1.63. The molecule has 170 valence electrons. The van der Waals surface area contributed by atoms with Gasteiger partial charge >= 0.3 is 0 Å². The lowest BCUT2D eigenvalue weighted by molar-refractivity contribution is -0.122. The molecule has 0 bridgehead atoms. The van der Waals surface area contributed by atoms with Gasteiger partial charge in [0.15, 0.2) is 0 Å². The monoisotopic (exact) mass is 464 g/mol. The fraction of sp³-hybridized carbons (Fsp3) is 0.458. The number of rotatable bonds is 7. The molecular weight excluding hydrogens is 431 g/mol. The van der Waals surface area contributed by atoms with E-state index >= 15 is 0 Å². The molecule has 0 aromatic heterocycles. The first kappa shape index (κ1) is 25.6. The number of hydrogen-bond acceptors (Lipinski definition) is 4. The third-order valence-electron chi connectivity index (χ3n) is 6.15. The van der Waals surface area contributed by atoms with Crippen molar-refractivity contribution >= 4 is 30.7 Å². The Morgan fingerprint density at radius 2 is 1.55 bits per heavy atom. The molecule has 0 aliphatic carbocycles. The van der Waals surface area contributed by atoms with Crippen molar-refractivity contribution in [3.05, 3.63) is 71.3 Å². The fourth-order valence-corrected chi connectivity index (χ4v) is 4.52. The van der Waals surface area contributed by atoms with Crippen molar-refractivity contribution in [2.24, 2.45) is 5.73 Å². The minimum atomic E-state index is 0. The van der Waals surface area contributed by atoms with E-state index in [0.29, 0.717) is 19.0 Å². The lowest BCUT2D eigenvalue weighted by Crippen LogP contribution is -2.37. The number of nitrogens with one attached hydrogen (secondary N) is 1.